The van der Waals surface area contributed by atoms with Gasteiger partial charge >= 0.3 is 6.09 Å². The number of ether oxygens (including phenoxy) is 1. The van der Waals surface area contributed by atoms with E-state index in [1.807, 2.05) is 42.5 Å². The van der Waals surface area contributed by atoms with Crippen LogP contribution in [0.2, 0.25) is 0 Å². The summed E-state index contributed by atoms with van der Waals surface area (Å²) in [5, 5.41) is 13.1. The number of thiophene rings is 2. The Morgan fingerprint density at radius 1 is 0.648 bits per heavy atom. The number of aromatic nitrogens is 2. The molecule has 2 aromatic carbocycles. The first-order valence-electron chi connectivity index (χ1n) is 30.5. The van der Waals surface area contributed by atoms with E-state index in [-0.39, 0.29) is 68.0 Å². The van der Waals surface area contributed by atoms with Crippen LogP contribution in [0.4, 0.5) is 16.2 Å². The number of carbonyl (C=O) groups is 5. The molecule has 0 saturated heterocycles. The number of anilines is 2. The Morgan fingerprint density at radius 3 is 1.55 bits per heavy atom. The monoisotopic (exact) mass is 1300 g/mol. The van der Waals surface area contributed by atoms with Gasteiger partial charge in [0.05, 0.1) is 34.4 Å². The average Bonchev–Trinajstić information content (AvgIpc) is 1.73. The summed E-state index contributed by atoms with van der Waals surface area (Å²) >= 11 is 7.82. The average molecular weight is 1300 g/mol. The highest BCUT2D eigenvalue weighted by molar-refractivity contribution is 7.20. The predicted molar refractivity (Wildman–Crippen MR) is 373 cm³/mol. The van der Waals surface area contributed by atoms with E-state index in [9.17, 15) is 24.0 Å². The van der Waals surface area contributed by atoms with Gasteiger partial charge in [-0.1, -0.05) is 101 Å². The van der Waals surface area contributed by atoms with Crippen molar-refractivity contribution in [2.45, 2.75) is 154 Å². The van der Waals surface area contributed by atoms with E-state index >= 15 is 0 Å². The van der Waals surface area contributed by atoms with E-state index in [4.69, 9.17) is 42.2 Å². The molecule has 2 aliphatic rings. The Kier molecular flexibility index (Phi) is 27.1. The molecule has 6 heterocycles. The number of fused-ring (bicyclic) bond motifs is 4. The van der Waals surface area contributed by atoms with Crippen molar-refractivity contribution in [1.82, 2.24) is 30.8 Å². The normalized spacial score (nSPS) is 15.0. The standard InChI is InChI=1S/C29H32N4O3S.C29H38N4O3S.C6H15N.C5H3ClO2.2CH4/c1-29(2,3)20-9-10-22-18(13-20)12-19-15-25(37-28(19)33-22)27(35)32-23(16-30)17-6-4-7-21(14-17)31-26(34)24-8-5-11-36-24;1-28(2,3)20-10-11-22-18(13-20)12-19-15-24(37-26(19)33-22)25(34)32-23(17-8-7-9-21(30)14-17)16-31-27(35)36-29(4,5)6;1-4-7(5-2)6-3;6-5(7)4-2-1-3-8-4;;/h4-8,11-12,14-15,20,23H,9-10,13,16,30H2,1-3H3,(H,31,34)(H,32,35);7-9,12,14-15,20,23H,10-11,13,16,30H2,1-6H3,(H,31,35)(H,32,34);4-6H2,1-3H3;1-3H;2*1H4/t2*20-,23-;;;;/m11..../s1. The number of nitrogens with two attached hydrogens (primary N) is 2. The Labute approximate surface area is 551 Å². The molecular formula is C71H96ClN9O8S2. The van der Waals surface area contributed by atoms with Crippen LogP contribution in [0.3, 0.4) is 0 Å². The second-order valence-corrected chi connectivity index (χ2v) is 28.0. The molecule has 17 nitrogen and oxygen atoms in total. The Hall–Kier alpha value is -7.42. The fraction of sp³-hybridized carbons (Fsp3) is 0.451. The smallest absolute Gasteiger partial charge is 0.407 e. The minimum absolute atomic E-state index is 0. The molecule has 6 aromatic heterocycles. The van der Waals surface area contributed by atoms with Gasteiger partial charge in [0, 0.05) is 46.6 Å². The SMILES string of the molecule is C.C.CC(C)(C)OC(=O)NC[C@@H](NC(=O)c1cc2cc3c(nc2s1)CC[C@@H](C(C)(C)C)C3)c1cccc(N)c1.CC(C)(C)[C@@H]1CCc2nc3sc(C(=O)N[C@H](CN)c4cccc(NC(=O)c5ccco5)c4)cc3cc2C1.CCN(CC)CC.O=C(Cl)c1ccco1. The highest BCUT2D eigenvalue weighted by Crippen LogP contribution is 2.40. The van der Waals surface area contributed by atoms with Gasteiger partial charge in [-0.05, 0) is 208 Å². The number of furan rings is 2. The quantitative estimate of drug-likeness (QED) is 0.0413. The highest BCUT2D eigenvalue weighted by Gasteiger charge is 2.32. The molecule has 0 saturated carbocycles. The third-order valence-electron chi connectivity index (χ3n) is 16.0. The van der Waals surface area contributed by atoms with Crippen LogP contribution in [0.5, 0.6) is 0 Å². The van der Waals surface area contributed by atoms with E-state index in [1.54, 1.807) is 57.2 Å². The van der Waals surface area contributed by atoms with Crippen molar-refractivity contribution in [2.24, 2.45) is 28.4 Å². The molecular weight excluding hydrogens is 1210 g/mol. The maximum absolute atomic E-state index is 13.4. The first-order valence-corrected chi connectivity index (χ1v) is 32.5. The van der Waals surface area contributed by atoms with E-state index in [1.165, 1.54) is 72.0 Å². The Bertz CT molecular complexity index is 3660. The first-order chi connectivity index (χ1) is 42.1. The number of carbonyl (C=O) groups excluding carboxylic acids is 5. The third kappa shape index (κ3) is 21.3. The number of hydrogen-bond donors (Lipinski definition) is 6. The molecule has 0 bridgehead atoms. The minimum Gasteiger partial charge on any atom is -0.460 e. The summed E-state index contributed by atoms with van der Waals surface area (Å²) in [6.45, 7) is 29.7. The number of hydrogen-bond acceptors (Lipinski definition) is 15. The molecule has 0 spiro atoms. The number of pyridine rings is 2. The fourth-order valence-corrected chi connectivity index (χ4v) is 12.7. The maximum Gasteiger partial charge on any atom is 0.407 e. The van der Waals surface area contributed by atoms with Crippen molar-refractivity contribution >= 4 is 95.1 Å². The molecule has 4 amide bonds. The van der Waals surface area contributed by atoms with Gasteiger partial charge in [-0.15, -0.1) is 22.7 Å². The molecule has 492 valence electrons. The molecule has 8 N–H and O–H groups in total. The van der Waals surface area contributed by atoms with Gasteiger partial charge in [0.2, 0.25) is 0 Å². The second kappa shape index (κ2) is 33.2. The summed E-state index contributed by atoms with van der Waals surface area (Å²) in [5.41, 5.74) is 19.6. The number of alkyl carbamates (subject to hydrolysis) is 1. The van der Waals surface area contributed by atoms with E-state index < -0.39 is 29.0 Å². The summed E-state index contributed by atoms with van der Waals surface area (Å²) < 4.78 is 15.1. The van der Waals surface area contributed by atoms with E-state index in [0.29, 0.717) is 33.0 Å². The number of aryl methyl sites for hydroxylation is 2. The number of benzene rings is 2. The van der Waals surface area contributed by atoms with Crippen LogP contribution in [-0.2, 0) is 30.4 Å². The first kappa shape index (κ1) is 74.3. The summed E-state index contributed by atoms with van der Waals surface area (Å²) in [6, 6.07) is 28.3. The van der Waals surface area contributed by atoms with Gasteiger partial charge < -0.3 is 51.2 Å². The molecule has 0 unspecified atom stereocenters. The summed E-state index contributed by atoms with van der Waals surface area (Å²) in [5.74, 6) is 0.920. The zero-order chi connectivity index (χ0) is 64.8. The van der Waals surface area contributed by atoms with Gasteiger partial charge in [0.1, 0.15) is 15.3 Å². The maximum atomic E-state index is 13.4. The molecule has 4 atom stereocenters. The number of nitrogens with one attached hydrogen (secondary N) is 4. The summed E-state index contributed by atoms with van der Waals surface area (Å²) in [6.07, 6.45) is 8.60. The summed E-state index contributed by atoms with van der Waals surface area (Å²) in [4.78, 5) is 76.5. The highest BCUT2D eigenvalue weighted by atomic mass is 35.5. The topological polar surface area (TPSA) is 250 Å². The molecule has 91 heavy (non-hydrogen) atoms. The third-order valence-corrected chi connectivity index (χ3v) is 18.3. The lowest BCUT2D eigenvalue weighted by Gasteiger charge is -2.34. The molecule has 10 rings (SSSR count). The van der Waals surface area contributed by atoms with Gasteiger partial charge in [-0.2, -0.15) is 0 Å². The van der Waals surface area contributed by atoms with Crippen molar-refractivity contribution in [3.8, 4) is 0 Å². The molecule has 2 aliphatic carbocycles. The lowest BCUT2D eigenvalue weighted by molar-refractivity contribution is 0.0519. The van der Waals surface area contributed by atoms with Crippen molar-refractivity contribution in [3.63, 3.8) is 0 Å². The van der Waals surface area contributed by atoms with Crippen LogP contribution in [-0.4, -0.2) is 82.2 Å². The minimum atomic E-state index is -0.615. The number of amides is 4. The predicted octanol–water partition coefficient (Wildman–Crippen LogP) is 16.0. The largest absolute Gasteiger partial charge is 0.460 e. The number of nitrogens with zero attached hydrogens (tertiary/aromatic N) is 3. The van der Waals surface area contributed by atoms with E-state index in [2.05, 4.69) is 105 Å². The van der Waals surface area contributed by atoms with Gasteiger partial charge in [-0.25, -0.2) is 14.8 Å². The van der Waals surface area contributed by atoms with Crippen LogP contribution in [0, 0.1) is 22.7 Å². The van der Waals surface area contributed by atoms with Gasteiger partial charge in [0.15, 0.2) is 11.5 Å². The van der Waals surface area contributed by atoms with Crippen LogP contribution in [0.1, 0.15) is 197 Å². The zero-order valence-corrected chi connectivity index (χ0v) is 55.8. The summed E-state index contributed by atoms with van der Waals surface area (Å²) in [7, 11) is 0. The van der Waals surface area contributed by atoms with Crippen LogP contribution < -0.4 is 32.7 Å². The Balaban J connectivity index is 0.000000264. The molecule has 0 fully saturated rings. The molecule has 8 aromatic rings. The number of halogens is 1. The number of nitrogen functional groups attached to an aromatic ring is 1. The number of rotatable bonds is 15. The lowest BCUT2D eigenvalue weighted by Crippen LogP contribution is -2.40. The van der Waals surface area contributed by atoms with Crippen molar-refractivity contribution in [1.29, 1.82) is 0 Å². The van der Waals surface area contributed by atoms with Crippen molar-refractivity contribution < 1.29 is 37.5 Å². The Morgan fingerprint density at radius 2 is 1.13 bits per heavy atom. The van der Waals surface area contributed by atoms with Crippen molar-refractivity contribution in [3.05, 3.63) is 165 Å². The fourth-order valence-electron chi connectivity index (χ4n) is 10.7. The van der Waals surface area contributed by atoms with Crippen molar-refractivity contribution in [2.75, 3.05) is 43.8 Å². The van der Waals surface area contributed by atoms with Crippen LogP contribution in [0.15, 0.2) is 118 Å². The molecule has 20 heteroatoms. The molecule has 0 aliphatic heterocycles. The zero-order valence-electron chi connectivity index (χ0n) is 53.4. The van der Waals surface area contributed by atoms with Crippen LogP contribution in [0.25, 0.3) is 20.4 Å². The van der Waals surface area contributed by atoms with Crippen LogP contribution >= 0.6 is 34.3 Å². The molecule has 0 radical (unpaired) electrons. The van der Waals surface area contributed by atoms with E-state index in [0.717, 1.165) is 81.5 Å². The van der Waals surface area contributed by atoms with Gasteiger partial charge in [-0.3, -0.25) is 19.2 Å². The lowest BCUT2D eigenvalue weighted by atomic mass is 9.71. The second-order valence-electron chi connectivity index (χ2n) is 25.6. The van der Waals surface area contributed by atoms with Gasteiger partial charge in [0.25, 0.3) is 23.0 Å².